The molecule has 0 radical (unpaired) electrons. The van der Waals surface area contributed by atoms with Crippen molar-refractivity contribution in [1.29, 1.82) is 0 Å². The molecule has 3 aliphatic rings. The van der Waals surface area contributed by atoms with Crippen molar-refractivity contribution in [1.82, 2.24) is 30.0 Å². The maximum Gasteiger partial charge on any atom is 0.274 e. The monoisotopic (exact) mass is 424 g/mol. The van der Waals surface area contributed by atoms with Gasteiger partial charge in [0.1, 0.15) is 11.5 Å². The summed E-state index contributed by atoms with van der Waals surface area (Å²) in [6.07, 6.45) is 3.22. The smallest absolute Gasteiger partial charge is 0.274 e. The van der Waals surface area contributed by atoms with Crippen LogP contribution in [-0.4, -0.2) is 61.4 Å². The largest absolute Gasteiger partial charge is 0.336 e. The molecule has 2 fully saturated rings. The molecule has 4 heterocycles. The van der Waals surface area contributed by atoms with E-state index < -0.39 is 0 Å². The first kappa shape index (κ1) is 20.0. The molecule has 2 aromatic heterocycles. The van der Waals surface area contributed by atoms with E-state index >= 15 is 0 Å². The van der Waals surface area contributed by atoms with E-state index in [4.69, 9.17) is 4.98 Å². The molecule has 2 amide bonds. The number of H-pyrrole nitrogens is 2. The number of likely N-dealkylation sites (tertiary alicyclic amines) is 1. The summed E-state index contributed by atoms with van der Waals surface area (Å²) in [5, 5.41) is 7.10. The maximum absolute atomic E-state index is 12.9. The van der Waals surface area contributed by atoms with Gasteiger partial charge in [-0.15, -0.1) is 0 Å². The Morgan fingerprint density at radius 2 is 1.97 bits per heavy atom. The van der Waals surface area contributed by atoms with Gasteiger partial charge < -0.3 is 14.8 Å². The van der Waals surface area contributed by atoms with Gasteiger partial charge in [0.25, 0.3) is 11.5 Å². The van der Waals surface area contributed by atoms with E-state index in [0.29, 0.717) is 55.4 Å². The third-order valence-electron chi connectivity index (χ3n) is 6.63. The average molecular weight is 425 g/mol. The SMILES string of the molecule is CC(C)c1cc(C(=O)N2CC[C@@H](c3nc4c(c(=O)[nH]3)CCN(C(=O)C3CC3)C4)C2)n[nH]1. The molecule has 1 atom stereocenters. The summed E-state index contributed by atoms with van der Waals surface area (Å²) in [5.41, 5.74) is 2.64. The fourth-order valence-corrected chi connectivity index (χ4v) is 4.50. The summed E-state index contributed by atoms with van der Waals surface area (Å²) in [7, 11) is 0. The molecule has 1 aliphatic carbocycles. The number of hydrogen-bond acceptors (Lipinski definition) is 5. The second-order valence-corrected chi connectivity index (χ2v) is 9.26. The molecule has 0 aromatic carbocycles. The van der Waals surface area contributed by atoms with Crippen LogP contribution in [0.25, 0.3) is 0 Å². The van der Waals surface area contributed by atoms with Crippen LogP contribution < -0.4 is 5.56 Å². The number of aromatic amines is 2. The van der Waals surface area contributed by atoms with Crippen molar-refractivity contribution in [3.63, 3.8) is 0 Å². The predicted molar refractivity (Wildman–Crippen MR) is 113 cm³/mol. The van der Waals surface area contributed by atoms with Gasteiger partial charge in [-0.3, -0.25) is 19.5 Å². The van der Waals surface area contributed by atoms with Gasteiger partial charge in [-0.25, -0.2) is 4.98 Å². The van der Waals surface area contributed by atoms with E-state index in [0.717, 1.165) is 25.0 Å². The molecule has 5 rings (SSSR count). The van der Waals surface area contributed by atoms with Gasteiger partial charge in [0.05, 0.1) is 12.2 Å². The topological polar surface area (TPSA) is 115 Å². The zero-order valence-corrected chi connectivity index (χ0v) is 18.0. The molecule has 2 N–H and O–H groups in total. The Morgan fingerprint density at radius 3 is 2.68 bits per heavy atom. The van der Waals surface area contributed by atoms with Crippen LogP contribution in [0.4, 0.5) is 0 Å². The van der Waals surface area contributed by atoms with Crippen LogP contribution in [0.1, 0.15) is 78.2 Å². The van der Waals surface area contributed by atoms with Gasteiger partial charge in [-0.2, -0.15) is 5.10 Å². The third kappa shape index (κ3) is 3.77. The van der Waals surface area contributed by atoms with Crippen LogP contribution in [0.3, 0.4) is 0 Å². The van der Waals surface area contributed by atoms with Gasteiger partial charge in [-0.1, -0.05) is 13.8 Å². The lowest BCUT2D eigenvalue weighted by Crippen LogP contribution is -2.40. The lowest BCUT2D eigenvalue weighted by atomic mass is 10.0. The molecular formula is C22H28N6O3. The van der Waals surface area contributed by atoms with Crippen molar-refractivity contribution in [2.75, 3.05) is 19.6 Å². The zero-order chi connectivity index (χ0) is 21.7. The number of hydrogen-bond donors (Lipinski definition) is 2. The van der Waals surface area contributed by atoms with Crippen LogP contribution in [0.2, 0.25) is 0 Å². The Bertz CT molecular complexity index is 1080. The van der Waals surface area contributed by atoms with Crippen LogP contribution in [0, 0.1) is 5.92 Å². The van der Waals surface area contributed by atoms with E-state index in [1.165, 1.54) is 0 Å². The molecule has 1 saturated heterocycles. The van der Waals surface area contributed by atoms with Crippen molar-refractivity contribution in [3.8, 4) is 0 Å². The van der Waals surface area contributed by atoms with Gasteiger partial charge in [0, 0.05) is 42.7 Å². The summed E-state index contributed by atoms with van der Waals surface area (Å²) >= 11 is 0. The van der Waals surface area contributed by atoms with E-state index in [1.807, 2.05) is 24.8 Å². The van der Waals surface area contributed by atoms with E-state index in [-0.39, 0.29) is 35.1 Å². The molecule has 9 heteroatoms. The van der Waals surface area contributed by atoms with Crippen LogP contribution in [0.5, 0.6) is 0 Å². The number of fused-ring (bicyclic) bond motifs is 1. The Kier molecular flexibility index (Phi) is 4.91. The fraction of sp³-hybridized carbons (Fsp3) is 0.591. The number of aromatic nitrogens is 4. The molecule has 0 spiro atoms. The highest BCUT2D eigenvalue weighted by molar-refractivity contribution is 5.92. The normalized spacial score (nSPS) is 20.9. The Morgan fingerprint density at radius 1 is 1.16 bits per heavy atom. The molecule has 0 bridgehead atoms. The molecule has 0 unspecified atom stereocenters. The third-order valence-corrected chi connectivity index (χ3v) is 6.63. The zero-order valence-electron chi connectivity index (χ0n) is 18.0. The van der Waals surface area contributed by atoms with Crippen molar-refractivity contribution in [3.05, 3.63) is 44.9 Å². The summed E-state index contributed by atoms with van der Waals surface area (Å²) in [6, 6.07) is 1.81. The lowest BCUT2D eigenvalue weighted by molar-refractivity contribution is -0.133. The minimum atomic E-state index is -0.114. The standard InChI is InChI=1S/C22H28N6O3/c1-12(2)16-9-17(26-25-16)22(31)27-7-5-14(10-27)19-23-18-11-28(21(30)13-3-4-13)8-6-15(18)20(29)24-19/h9,12-14H,3-8,10-11H2,1-2H3,(H,25,26)(H,23,24,29)/t14-/m1/s1. The number of carbonyl (C=O) groups excluding carboxylic acids is 2. The van der Waals surface area contributed by atoms with E-state index in [1.54, 1.807) is 4.90 Å². The lowest BCUT2D eigenvalue weighted by Gasteiger charge is -2.28. The van der Waals surface area contributed by atoms with Crippen molar-refractivity contribution in [2.45, 2.75) is 57.9 Å². The highest BCUT2D eigenvalue weighted by Crippen LogP contribution is 2.32. The number of nitrogens with one attached hydrogen (secondary N) is 2. The van der Waals surface area contributed by atoms with Crippen LogP contribution in [0.15, 0.2) is 10.9 Å². The molecule has 2 aliphatic heterocycles. The second kappa shape index (κ2) is 7.62. The summed E-state index contributed by atoms with van der Waals surface area (Å²) in [4.78, 5) is 49.3. The first-order valence-corrected chi connectivity index (χ1v) is 11.2. The fourth-order valence-electron chi connectivity index (χ4n) is 4.50. The molecule has 31 heavy (non-hydrogen) atoms. The minimum absolute atomic E-state index is 0.0278. The van der Waals surface area contributed by atoms with Crippen molar-refractivity contribution < 1.29 is 9.59 Å². The van der Waals surface area contributed by atoms with E-state index in [2.05, 4.69) is 15.2 Å². The second-order valence-electron chi connectivity index (χ2n) is 9.26. The van der Waals surface area contributed by atoms with Crippen LogP contribution in [-0.2, 0) is 17.8 Å². The van der Waals surface area contributed by atoms with Crippen molar-refractivity contribution in [2.24, 2.45) is 5.92 Å². The van der Waals surface area contributed by atoms with Gasteiger partial charge in [0.2, 0.25) is 5.91 Å². The Hall–Kier alpha value is -2.97. The minimum Gasteiger partial charge on any atom is -0.336 e. The number of amides is 2. The summed E-state index contributed by atoms with van der Waals surface area (Å²) < 4.78 is 0. The van der Waals surface area contributed by atoms with Gasteiger partial charge in [-0.05, 0) is 37.7 Å². The van der Waals surface area contributed by atoms with Gasteiger partial charge >= 0.3 is 0 Å². The predicted octanol–water partition coefficient (Wildman–Crippen LogP) is 1.54. The molecule has 2 aromatic rings. The maximum atomic E-state index is 12.9. The Balaban J connectivity index is 1.31. The van der Waals surface area contributed by atoms with Gasteiger partial charge in [0.15, 0.2) is 0 Å². The Labute approximate surface area is 180 Å². The first-order chi connectivity index (χ1) is 14.9. The van der Waals surface area contributed by atoms with Crippen molar-refractivity contribution >= 4 is 11.8 Å². The average Bonchev–Trinajstić information content (AvgIpc) is 3.27. The quantitative estimate of drug-likeness (QED) is 0.773. The van der Waals surface area contributed by atoms with E-state index in [9.17, 15) is 14.4 Å². The molecule has 1 saturated carbocycles. The number of carbonyl (C=O) groups is 2. The summed E-state index contributed by atoms with van der Waals surface area (Å²) in [5.74, 6) is 1.11. The highest BCUT2D eigenvalue weighted by atomic mass is 16.2. The first-order valence-electron chi connectivity index (χ1n) is 11.2. The molecule has 9 nitrogen and oxygen atoms in total. The summed E-state index contributed by atoms with van der Waals surface area (Å²) in [6.45, 7) is 6.17. The molecule has 164 valence electrons. The molecular weight excluding hydrogens is 396 g/mol. The van der Waals surface area contributed by atoms with Crippen LogP contribution >= 0.6 is 0 Å². The highest BCUT2D eigenvalue weighted by Gasteiger charge is 2.36. The number of nitrogens with zero attached hydrogens (tertiary/aromatic N) is 4. The number of rotatable bonds is 4.